The van der Waals surface area contributed by atoms with Crippen molar-refractivity contribution in [2.45, 2.75) is 19.9 Å². The summed E-state index contributed by atoms with van der Waals surface area (Å²) in [6, 6.07) is 6.56. The van der Waals surface area contributed by atoms with Gasteiger partial charge in [0.15, 0.2) is 0 Å². The van der Waals surface area contributed by atoms with Crippen molar-refractivity contribution in [2.75, 3.05) is 13.6 Å². The van der Waals surface area contributed by atoms with Crippen molar-refractivity contribution in [3.05, 3.63) is 41.1 Å². The van der Waals surface area contributed by atoms with Crippen LogP contribution in [0.5, 0.6) is 0 Å². The summed E-state index contributed by atoms with van der Waals surface area (Å²) in [6.45, 7) is 4.28. The molecule has 3 rings (SSSR count). The quantitative estimate of drug-likeness (QED) is 0.791. The van der Waals surface area contributed by atoms with Crippen LogP contribution in [0.1, 0.15) is 23.7 Å². The number of allylic oxidation sites excluding steroid dienone is 1. The van der Waals surface area contributed by atoms with Crippen molar-refractivity contribution in [3.8, 4) is 0 Å². The van der Waals surface area contributed by atoms with E-state index in [0.717, 1.165) is 19.5 Å². The molecule has 1 aliphatic heterocycles. The lowest BCUT2D eigenvalue weighted by Crippen LogP contribution is -2.25. The van der Waals surface area contributed by atoms with E-state index in [-0.39, 0.29) is 0 Å². The van der Waals surface area contributed by atoms with Gasteiger partial charge >= 0.3 is 0 Å². The SMILES string of the molecule is C/C=C\c1cccc2c3c([nH]c12)CCN(C)C3. The van der Waals surface area contributed by atoms with Gasteiger partial charge < -0.3 is 9.88 Å². The van der Waals surface area contributed by atoms with Gasteiger partial charge in [-0.2, -0.15) is 0 Å². The third-order valence-electron chi connectivity index (χ3n) is 3.58. The van der Waals surface area contributed by atoms with Gasteiger partial charge in [-0.3, -0.25) is 0 Å². The molecule has 2 aromatic rings. The fraction of sp³-hybridized carbons (Fsp3) is 0.333. The summed E-state index contributed by atoms with van der Waals surface area (Å²) in [5, 5.41) is 1.39. The molecule has 0 bridgehead atoms. The molecule has 0 aliphatic carbocycles. The molecule has 1 N–H and O–H groups in total. The Morgan fingerprint density at radius 2 is 2.24 bits per heavy atom. The van der Waals surface area contributed by atoms with E-state index in [1.165, 1.54) is 27.7 Å². The number of hydrogen-bond donors (Lipinski definition) is 1. The maximum atomic E-state index is 3.61. The Morgan fingerprint density at radius 1 is 1.35 bits per heavy atom. The predicted molar refractivity (Wildman–Crippen MR) is 73.0 cm³/mol. The Kier molecular flexibility index (Phi) is 2.52. The summed E-state index contributed by atoms with van der Waals surface area (Å²) >= 11 is 0. The number of likely N-dealkylation sites (N-methyl/N-ethyl adjacent to an activating group) is 1. The first kappa shape index (κ1) is 10.6. The number of para-hydroxylation sites is 1. The highest BCUT2D eigenvalue weighted by molar-refractivity contribution is 5.91. The first-order valence-electron chi connectivity index (χ1n) is 6.23. The molecule has 2 heterocycles. The summed E-state index contributed by atoms with van der Waals surface area (Å²) < 4.78 is 0. The van der Waals surface area contributed by atoms with Gasteiger partial charge in [0.25, 0.3) is 0 Å². The molecule has 2 heteroatoms. The van der Waals surface area contributed by atoms with E-state index < -0.39 is 0 Å². The highest BCUT2D eigenvalue weighted by atomic mass is 15.1. The van der Waals surface area contributed by atoms with E-state index in [4.69, 9.17) is 0 Å². The number of aromatic nitrogens is 1. The minimum Gasteiger partial charge on any atom is -0.358 e. The Labute approximate surface area is 102 Å². The average Bonchev–Trinajstić information content (AvgIpc) is 2.69. The molecular formula is C15H18N2. The van der Waals surface area contributed by atoms with Crippen molar-refractivity contribution in [1.29, 1.82) is 0 Å². The van der Waals surface area contributed by atoms with Crippen LogP contribution >= 0.6 is 0 Å². The maximum absolute atomic E-state index is 3.61. The second kappa shape index (κ2) is 4.04. The van der Waals surface area contributed by atoms with Crippen molar-refractivity contribution >= 4 is 17.0 Å². The molecule has 0 unspecified atom stereocenters. The highest BCUT2D eigenvalue weighted by Gasteiger charge is 2.18. The monoisotopic (exact) mass is 226 g/mol. The molecule has 2 nitrogen and oxygen atoms in total. The summed E-state index contributed by atoms with van der Waals surface area (Å²) in [5.74, 6) is 0. The molecule has 88 valence electrons. The number of benzene rings is 1. The van der Waals surface area contributed by atoms with Crippen LogP contribution < -0.4 is 0 Å². The predicted octanol–water partition coefficient (Wildman–Crippen LogP) is 3.19. The molecule has 1 aliphatic rings. The van der Waals surface area contributed by atoms with E-state index in [2.05, 4.69) is 54.2 Å². The molecule has 0 saturated carbocycles. The number of H-pyrrole nitrogens is 1. The standard InChI is InChI=1S/C15H18N2/c1-3-5-11-6-4-7-12-13-10-17(2)9-8-14(13)16-15(11)12/h3-7,16H,8-10H2,1-2H3/b5-3-. The van der Waals surface area contributed by atoms with Crippen molar-refractivity contribution in [2.24, 2.45) is 0 Å². The third kappa shape index (κ3) is 1.69. The number of aromatic amines is 1. The lowest BCUT2D eigenvalue weighted by atomic mass is 10.0. The third-order valence-corrected chi connectivity index (χ3v) is 3.58. The Bertz CT molecular complexity index is 578. The lowest BCUT2D eigenvalue weighted by Gasteiger charge is -2.22. The summed E-state index contributed by atoms with van der Waals surface area (Å²) in [7, 11) is 2.19. The van der Waals surface area contributed by atoms with Crippen molar-refractivity contribution in [3.63, 3.8) is 0 Å². The zero-order valence-electron chi connectivity index (χ0n) is 10.5. The van der Waals surface area contributed by atoms with Crippen LogP contribution in [0.4, 0.5) is 0 Å². The zero-order chi connectivity index (χ0) is 11.8. The normalized spacial score (nSPS) is 16.8. The fourth-order valence-corrected chi connectivity index (χ4v) is 2.71. The summed E-state index contributed by atoms with van der Waals surface area (Å²) in [5.41, 5.74) is 5.50. The number of rotatable bonds is 1. The summed E-state index contributed by atoms with van der Waals surface area (Å²) in [6.07, 6.45) is 5.41. The van der Waals surface area contributed by atoms with Gasteiger partial charge in [-0.15, -0.1) is 0 Å². The smallest absolute Gasteiger partial charge is 0.0532 e. The number of fused-ring (bicyclic) bond motifs is 3. The van der Waals surface area contributed by atoms with Gasteiger partial charge in [0.05, 0.1) is 5.52 Å². The summed E-state index contributed by atoms with van der Waals surface area (Å²) in [4.78, 5) is 6.00. The molecule has 0 fully saturated rings. The average molecular weight is 226 g/mol. The van der Waals surface area contributed by atoms with Crippen LogP contribution in [0.3, 0.4) is 0 Å². The minimum atomic E-state index is 1.06. The minimum absolute atomic E-state index is 1.06. The first-order valence-corrected chi connectivity index (χ1v) is 6.23. The van der Waals surface area contributed by atoms with Crippen molar-refractivity contribution in [1.82, 2.24) is 9.88 Å². The van der Waals surface area contributed by atoms with E-state index in [9.17, 15) is 0 Å². The van der Waals surface area contributed by atoms with Crippen LogP contribution in [-0.2, 0) is 13.0 Å². The Morgan fingerprint density at radius 3 is 3.06 bits per heavy atom. The number of nitrogens with one attached hydrogen (secondary N) is 1. The van der Waals surface area contributed by atoms with Gasteiger partial charge in [0.2, 0.25) is 0 Å². The fourth-order valence-electron chi connectivity index (χ4n) is 2.71. The van der Waals surface area contributed by atoms with Gasteiger partial charge in [-0.05, 0) is 25.1 Å². The van der Waals surface area contributed by atoms with E-state index in [0.29, 0.717) is 0 Å². The van der Waals surface area contributed by atoms with Crippen LogP contribution in [0.25, 0.3) is 17.0 Å². The van der Waals surface area contributed by atoms with Crippen LogP contribution in [0.15, 0.2) is 24.3 Å². The molecule has 1 aromatic carbocycles. The molecular weight excluding hydrogens is 208 g/mol. The molecule has 17 heavy (non-hydrogen) atoms. The Balaban J connectivity index is 2.24. The van der Waals surface area contributed by atoms with E-state index in [1.807, 2.05) is 0 Å². The Hall–Kier alpha value is -1.54. The second-order valence-corrected chi connectivity index (χ2v) is 4.84. The first-order chi connectivity index (χ1) is 8.29. The zero-order valence-corrected chi connectivity index (χ0v) is 10.5. The number of hydrogen-bond acceptors (Lipinski definition) is 1. The van der Waals surface area contributed by atoms with E-state index >= 15 is 0 Å². The molecule has 0 amide bonds. The molecule has 0 radical (unpaired) electrons. The van der Waals surface area contributed by atoms with Gasteiger partial charge in [-0.25, -0.2) is 0 Å². The van der Waals surface area contributed by atoms with Crippen LogP contribution in [-0.4, -0.2) is 23.5 Å². The topological polar surface area (TPSA) is 19.0 Å². The van der Waals surface area contributed by atoms with Crippen LogP contribution in [0.2, 0.25) is 0 Å². The lowest BCUT2D eigenvalue weighted by molar-refractivity contribution is 0.313. The maximum Gasteiger partial charge on any atom is 0.0532 e. The molecule has 0 saturated heterocycles. The highest BCUT2D eigenvalue weighted by Crippen LogP contribution is 2.29. The van der Waals surface area contributed by atoms with Gasteiger partial charge in [0, 0.05) is 30.6 Å². The molecule has 0 atom stereocenters. The van der Waals surface area contributed by atoms with Gasteiger partial charge in [0.1, 0.15) is 0 Å². The molecule has 0 spiro atoms. The molecule has 1 aromatic heterocycles. The van der Waals surface area contributed by atoms with Crippen LogP contribution in [0, 0.1) is 0 Å². The second-order valence-electron chi connectivity index (χ2n) is 4.84. The van der Waals surface area contributed by atoms with Crippen molar-refractivity contribution < 1.29 is 0 Å². The van der Waals surface area contributed by atoms with Gasteiger partial charge in [-0.1, -0.05) is 30.4 Å². The van der Waals surface area contributed by atoms with E-state index in [1.54, 1.807) is 0 Å². The largest absolute Gasteiger partial charge is 0.358 e. The number of nitrogens with zero attached hydrogens (tertiary/aromatic N) is 1.